The van der Waals surface area contributed by atoms with E-state index in [2.05, 4.69) is 32.8 Å². The predicted molar refractivity (Wildman–Crippen MR) is 91.6 cm³/mol. The summed E-state index contributed by atoms with van der Waals surface area (Å²) in [7, 11) is 0. The zero-order valence-corrected chi connectivity index (χ0v) is 13.6. The summed E-state index contributed by atoms with van der Waals surface area (Å²) in [5.74, 6) is 0.709. The number of aryl methyl sites for hydroxylation is 1. The van der Waals surface area contributed by atoms with Crippen molar-refractivity contribution in [2.75, 3.05) is 6.54 Å². The Labute approximate surface area is 140 Å². The van der Waals surface area contributed by atoms with Gasteiger partial charge in [-0.15, -0.1) is 0 Å². The molecule has 3 aromatic rings. The second-order valence-electron chi connectivity index (χ2n) is 5.47. The fourth-order valence-corrected chi connectivity index (χ4v) is 2.74. The highest BCUT2D eigenvalue weighted by molar-refractivity contribution is 5.92. The van der Waals surface area contributed by atoms with E-state index in [-0.39, 0.29) is 12.5 Å². The van der Waals surface area contributed by atoms with E-state index in [1.165, 1.54) is 6.20 Å². The van der Waals surface area contributed by atoms with Crippen molar-refractivity contribution in [2.24, 2.45) is 0 Å². The molecule has 0 aliphatic heterocycles. The maximum absolute atomic E-state index is 12.1. The first kappa shape index (κ1) is 16.1. The van der Waals surface area contributed by atoms with E-state index in [9.17, 15) is 4.79 Å². The molecule has 0 aliphatic rings. The summed E-state index contributed by atoms with van der Waals surface area (Å²) in [5.41, 5.74) is 3.06. The number of para-hydroxylation sites is 2. The van der Waals surface area contributed by atoms with E-state index < -0.39 is 0 Å². The van der Waals surface area contributed by atoms with Crippen molar-refractivity contribution in [1.82, 2.24) is 19.9 Å². The fraction of sp³-hybridized carbons (Fsp3) is 0.278. The van der Waals surface area contributed by atoms with Crippen molar-refractivity contribution < 1.29 is 9.90 Å². The summed E-state index contributed by atoms with van der Waals surface area (Å²) >= 11 is 0. The zero-order valence-electron chi connectivity index (χ0n) is 13.6. The first-order chi connectivity index (χ1) is 11.7. The van der Waals surface area contributed by atoms with Crippen LogP contribution >= 0.6 is 0 Å². The number of hydrogen-bond donors (Lipinski definition) is 2. The van der Waals surface area contributed by atoms with Crippen molar-refractivity contribution in [3.05, 3.63) is 59.7 Å². The number of amides is 1. The Balaban J connectivity index is 1.67. The number of carbonyl (C=O) groups excluding carboxylic acids is 1. The molecule has 3 rings (SSSR count). The van der Waals surface area contributed by atoms with Crippen LogP contribution in [0.2, 0.25) is 0 Å². The molecule has 2 aromatic heterocycles. The van der Waals surface area contributed by atoms with Gasteiger partial charge in [0.15, 0.2) is 0 Å². The van der Waals surface area contributed by atoms with Crippen LogP contribution in [0.3, 0.4) is 0 Å². The number of imidazole rings is 1. The smallest absolute Gasteiger partial charge is 0.269 e. The second kappa shape index (κ2) is 7.23. The summed E-state index contributed by atoms with van der Waals surface area (Å²) in [6.45, 7) is 3.29. The minimum atomic E-state index is -0.246. The highest BCUT2D eigenvalue weighted by atomic mass is 16.3. The Kier molecular flexibility index (Phi) is 4.86. The molecule has 0 radical (unpaired) electrons. The molecule has 6 nitrogen and oxygen atoms in total. The minimum absolute atomic E-state index is 0.108. The summed E-state index contributed by atoms with van der Waals surface area (Å²) in [6, 6.07) is 11.3. The lowest BCUT2D eigenvalue weighted by atomic mass is 10.2. The van der Waals surface area contributed by atoms with E-state index in [0.717, 1.165) is 23.4 Å². The van der Waals surface area contributed by atoms with Gasteiger partial charge in [-0.05, 0) is 36.8 Å². The van der Waals surface area contributed by atoms with Gasteiger partial charge in [-0.1, -0.05) is 12.1 Å². The molecule has 0 bridgehead atoms. The number of aliphatic hydroxyl groups is 1. The van der Waals surface area contributed by atoms with Crippen LogP contribution in [-0.2, 0) is 19.6 Å². The largest absolute Gasteiger partial charge is 0.392 e. The van der Waals surface area contributed by atoms with E-state index >= 15 is 0 Å². The summed E-state index contributed by atoms with van der Waals surface area (Å²) < 4.78 is 2.16. The van der Waals surface area contributed by atoms with Crippen LogP contribution in [0.5, 0.6) is 0 Å². The molecule has 0 aliphatic carbocycles. The van der Waals surface area contributed by atoms with Crippen molar-refractivity contribution in [3.63, 3.8) is 0 Å². The highest BCUT2D eigenvalue weighted by Gasteiger charge is 2.11. The average molecular weight is 324 g/mol. The Hall–Kier alpha value is -2.73. The maximum Gasteiger partial charge on any atom is 0.269 e. The highest BCUT2D eigenvalue weighted by Crippen LogP contribution is 2.16. The third-order valence-corrected chi connectivity index (χ3v) is 3.92. The molecule has 1 amide bonds. The Morgan fingerprint density at radius 2 is 2.12 bits per heavy atom. The summed E-state index contributed by atoms with van der Waals surface area (Å²) in [6.07, 6.45) is 2.17. The van der Waals surface area contributed by atoms with Gasteiger partial charge < -0.3 is 15.0 Å². The molecule has 0 unspecified atom stereocenters. The predicted octanol–water partition coefficient (Wildman–Crippen LogP) is 1.92. The molecule has 0 fully saturated rings. The number of nitrogens with zero attached hydrogens (tertiary/aromatic N) is 3. The lowest BCUT2D eigenvalue weighted by Gasteiger charge is -2.07. The molecule has 124 valence electrons. The number of pyridine rings is 1. The second-order valence-corrected chi connectivity index (χ2v) is 5.47. The summed E-state index contributed by atoms with van der Waals surface area (Å²) in [5, 5.41) is 12.0. The molecule has 24 heavy (non-hydrogen) atoms. The monoisotopic (exact) mass is 324 g/mol. The maximum atomic E-state index is 12.1. The van der Waals surface area contributed by atoms with Gasteiger partial charge in [0.1, 0.15) is 11.5 Å². The normalized spacial score (nSPS) is 10.9. The number of rotatable bonds is 6. The van der Waals surface area contributed by atoms with Crippen molar-refractivity contribution >= 4 is 16.9 Å². The quantitative estimate of drug-likeness (QED) is 0.726. The van der Waals surface area contributed by atoms with E-state index in [4.69, 9.17) is 5.11 Å². The number of benzene rings is 1. The molecule has 6 heteroatoms. The fourth-order valence-electron chi connectivity index (χ4n) is 2.74. The van der Waals surface area contributed by atoms with Gasteiger partial charge >= 0.3 is 0 Å². The topological polar surface area (TPSA) is 80.0 Å². The van der Waals surface area contributed by atoms with E-state index in [0.29, 0.717) is 24.2 Å². The van der Waals surface area contributed by atoms with Gasteiger partial charge in [-0.2, -0.15) is 0 Å². The van der Waals surface area contributed by atoms with Crippen LogP contribution in [0, 0.1) is 0 Å². The number of aliphatic hydroxyl groups excluding tert-OH is 1. The van der Waals surface area contributed by atoms with Crippen LogP contribution in [0.1, 0.15) is 28.8 Å². The van der Waals surface area contributed by atoms with Gasteiger partial charge in [0.25, 0.3) is 5.91 Å². The van der Waals surface area contributed by atoms with Gasteiger partial charge in [-0.3, -0.25) is 9.78 Å². The third kappa shape index (κ3) is 3.28. The number of fused-ring (bicyclic) bond motifs is 1. The summed E-state index contributed by atoms with van der Waals surface area (Å²) in [4.78, 5) is 20.8. The van der Waals surface area contributed by atoms with Crippen LogP contribution < -0.4 is 5.32 Å². The van der Waals surface area contributed by atoms with Crippen LogP contribution in [0.25, 0.3) is 11.0 Å². The van der Waals surface area contributed by atoms with Gasteiger partial charge in [0.05, 0.1) is 17.6 Å². The zero-order chi connectivity index (χ0) is 16.9. The van der Waals surface area contributed by atoms with E-state index in [1.54, 1.807) is 12.1 Å². The van der Waals surface area contributed by atoms with Gasteiger partial charge in [-0.25, -0.2) is 4.98 Å². The molecule has 0 atom stereocenters. The van der Waals surface area contributed by atoms with E-state index in [1.807, 2.05) is 18.2 Å². The molecule has 0 saturated carbocycles. The van der Waals surface area contributed by atoms with Crippen LogP contribution in [-0.4, -0.2) is 32.1 Å². The Morgan fingerprint density at radius 3 is 2.92 bits per heavy atom. The van der Waals surface area contributed by atoms with Crippen molar-refractivity contribution in [3.8, 4) is 0 Å². The molecule has 1 aromatic carbocycles. The van der Waals surface area contributed by atoms with Gasteiger partial charge in [0.2, 0.25) is 0 Å². The van der Waals surface area contributed by atoms with Gasteiger partial charge in [0, 0.05) is 25.7 Å². The molecule has 0 spiro atoms. The first-order valence-electron chi connectivity index (χ1n) is 8.01. The number of nitrogens with one attached hydrogen (secondary N) is 1. The third-order valence-electron chi connectivity index (χ3n) is 3.92. The molecule has 2 N–H and O–H groups in total. The molecule has 2 heterocycles. The standard InChI is InChI=1S/C18H20N4O2/c1-2-22-16-6-4-3-5-14(16)21-17(22)8-10-20-18(24)15-11-13(12-23)7-9-19-15/h3-7,9,11,23H,2,8,10,12H2,1H3,(H,20,24). The molecule has 0 saturated heterocycles. The number of carbonyl (C=O) groups is 1. The number of aromatic nitrogens is 3. The Morgan fingerprint density at radius 1 is 1.29 bits per heavy atom. The van der Waals surface area contributed by atoms with Crippen LogP contribution in [0.4, 0.5) is 0 Å². The van der Waals surface area contributed by atoms with Crippen molar-refractivity contribution in [1.29, 1.82) is 0 Å². The molecular weight excluding hydrogens is 304 g/mol. The number of hydrogen-bond acceptors (Lipinski definition) is 4. The SMILES string of the molecule is CCn1c(CCNC(=O)c2cc(CO)ccn2)nc2ccccc21. The first-order valence-corrected chi connectivity index (χ1v) is 8.01. The lowest BCUT2D eigenvalue weighted by Crippen LogP contribution is -2.27. The molecular formula is C18H20N4O2. The minimum Gasteiger partial charge on any atom is -0.392 e. The average Bonchev–Trinajstić information content (AvgIpc) is 2.99. The van der Waals surface area contributed by atoms with Crippen molar-refractivity contribution in [2.45, 2.75) is 26.5 Å². The lowest BCUT2D eigenvalue weighted by molar-refractivity contribution is 0.0948. The Bertz CT molecular complexity index is 857. The van der Waals surface area contributed by atoms with Crippen LogP contribution in [0.15, 0.2) is 42.6 Å².